The zero-order valence-corrected chi connectivity index (χ0v) is 13.6. The second-order valence-electron chi connectivity index (χ2n) is 4.67. The van der Waals surface area contributed by atoms with Gasteiger partial charge in [0, 0.05) is 6.54 Å². The molecule has 8 heteroatoms. The Bertz CT molecular complexity index is 591. The van der Waals surface area contributed by atoms with Crippen LogP contribution in [0.1, 0.15) is 24.8 Å². The summed E-state index contributed by atoms with van der Waals surface area (Å²) in [4.78, 5) is 11.8. The number of hydrogen-bond donors (Lipinski definition) is 0. The van der Waals surface area contributed by atoms with Gasteiger partial charge in [0.1, 0.15) is 10.3 Å². The average molecular weight is 338 g/mol. The third-order valence-corrected chi connectivity index (χ3v) is 7.24. The van der Waals surface area contributed by atoms with Crippen LogP contribution in [0.2, 0.25) is 4.34 Å². The predicted octanol–water partition coefficient (Wildman–Crippen LogP) is 2.43. The summed E-state index contributed by atoms with van der Waals surface area (Å²) in [6.45, 7) is 2.09. The quantitative estimate of drug-likeness (QED) is 0.795. The molecule has 20 heavy (non-hydrogen) atoms. The first kappa shape index (κ1) is 15.8. The first-order chi connectivity index (χ1) is 9.37. The molecule has 1 saturated heterocycles. The molecule has 0 saturated carbocycles. The Balaban J connectivity index is 2.37. The van der Waals surface area contributed by atoms with E-state index in [2.05, 4.69) is 0 Å². The molecule has 0 aromatic carbocycles. The van der Waals surface area contributed by atoms with Crippen LogP contribution in [-0.4, -0.2) is 38.4 Å². The fourth-order valence-electron chi connectivity index (χ4n) is 2.24. The predicted molar refractivity (Wildman–Crippen MR) is 77.6 cm³/mol. The van der Waals surface area contributed by atoms with Gasteiger partial charge in [-0.2, -0.15) is 4.31 Å². The highest BCUT2D eigenvalue weighted by molar-refractivity contribution is 7.91. The Morgan fingerprint density at radius 2 is 2.20 bits per heavy atom. The average Bonchev–Trinajstić information content (AvgIpc) is 2.78. The van der Waals surface area contributed by atoms with Crippen LogP contribution in [0.3, 0.4) is 0 Å². The molecule has 1 aliphatic heterocycles. The molecular formula is C12H16ClNO4S2. The normalized spacial score (nSPS) is 20.9. The highest BCUT2D eigenvalue weighted by Crippen LogP contribution is 2.34. The molecule has 1 aromatic heterocycles. The Morgan fingerprint density at radius 1 is 1.50 bits per heavy atom. The smallest absolute Gasteiger partial charge is 0.324 e. The van der Waals surface area contributed by atoms with Gasteiger partial charge in [-0.15, -0.1) is 11.3 Å². The summed E-state index contributed by atoms with van der Waals surface area (Å²) in [5.41, 5.74) is 0.724. The van der Waals surface area contributed by atoms with Gasteiger partial charge < -0.3 is 4.74 Å². The molecule has 2 rings (SSSR count). The van der Waals surface area contributed by atoms with Crippen molar-refractivity contribution in [2.24, 2.45) is 0 Å². The van der Waals surface area contributed by atoms with E-state index in [1.54, 1.807) is 13.0 Å². The molecule has 1 aliphatic rings. The van der Waals surface area contributed by atoms with Gasteiger partial charge in [-0.3, -0.25) is 4.79 Å². The van der Waals surface area contributed by atoms with Crippen molar-refractivity contribution in [1.29, 1.82) is 0 Å². The third kappa shape index (κ3) is 2.86. The minimum atomic E-state index is -3.70. The van der Waals surface area contributed by atoms with Crippen molar-refractivity contribution in [3.63, 3.8) is 0 Å². The number of nitrogens with zero attached hydrogens (tertiary/aromatic N) is 1. The SMILES string of the molecule is COC(=O)[C@H]1CCCCN1S(=O)(=O)c1cc(C)c(Cl)s1. The van der Waals surface area contributed by atoms with Gasteiger partial charge in [0.25, 0.3) is 10.0 Å². The minimum absolute atomic E-state index is 0.177. The fraction of sp³-hybridized carbons (Fsp3) is 0.583. The summed E-state index contributed by atoms with van der Waals surface area (Å²) in [5.74, 6) is -0.507. The lowest BCUT2D eigenvalue weighted by Gasteiger charge is -2.32. The highest BCUT2D eigenvalue weighted by Gasteiger charge is 2.39. The number of piperidine rings is 1. The summed E-state index contributed by atoms with van der Waals surface area (Å²) in [6.07, 6.45) is 2.05. The number of hydrogen-bond acceptors (Lipinski definition) is 5. The molecular weight excluding hydrogens is 322 g/mol. The van der Waals surface area contributed by atoms with Crippen molar-refractivity contribution in [3.05, 3.63) is 16.0 Å². The maximum Gasteiger partial charge on any atom is 0.324 e. The molecule has 112 valence electrons. The van der Waals surface area contributed by atoms with Crippen LogP contribution in [0, 0.1) is 6.92 Å². The second-order valence-corrected chi connectivity index (χ2v) is 8.44. The van der Waals surface area contributed by atoms with Gasteiger partial charge in [-0.25, -0.2) is 8.42 Å². The van der Waals surface area contributed by atoms with E-state index in [-0.39, 0.29) is 4.21 Å². The molecule has 0 aliphatic carbocycles. The number of thiophene rings is 1. The first-order valence-electron chi connectivity index (χ1n) is 6.23. The van der Waals surface area contributed by atoms with Gasteiger partial charge in [0.2, 0.25) is 0 Å². The van der Waals surface area contributed by atoms with Gasteiger partial charge in [-0.05, 0) is 37.8 Å². The molecule has 2 heterocycles. The molecule has 5 nitrogen and oxygen atoms in total. The molecule has 0 bridgehead atoms. The van der Waals surface area contributed by atoms with E-state index in [0.717, 1.165) is 29.7 Å². The second kappa shape index (κ2) is 6.01. The van der Waals surface area contributed by atoms with Crippen LogP contribution in [0.5, 0.6) is 0 Å². The van der Waals surface area contributed by atoms with Crippen LogP contribution >= 0.6 is 22.9 Å². The number of esters is 1. The topological polar surface area (TPSA) is 63.7 Å². The number of aryl methyl sites for hydroxylation is 1. The number of methoxy groups -OCH3 is 1. The van der Waals surface area contributed by atoms with E-state index in [0.29, 0.717) is 17.3 Å². The number of carbonyl (C=O) groups excluding carboxylic acids is 1. The summed E-state index contributed by atoms with van der Waals surface area (Å²) >= 11 is 6.96. The van der Waals surface area contributed by atoms with E-state index < -0.39 is 22.0 Å². The molecule has 1 aromatic rings. The lowest BCUT2D eigenvalue weighted by atomic mass is 10.1. The van der Waals surface area contributed by atoms with Crippen LogP contribution in [0.15, 0.2) is 10.3 Å². The number of halogens is 1. The summed E-state index contributed by atoms with van der Waals surface area (Å²) in [5, 5.41) is 0. The Labute approximate surface area is 127 Å². The number of carbonyl (C=O) groups is 1. The molecule has 0 unspecified atom stereocenters. The Morgan fingerprint density at radius 3 is 2.75 bits per heavy atom. The molecule has 0 amide bonds. The lowest BCUT2D eigenvalue weighted by Crippen LogP contribution is -2.48. The summed E-state index contributed by atoms with van der Waals surface area (Å²) < 4.78 is 31.9. The van der Waals surface area contributed by atoms with Crippen molar-refractivity contribution >= 4 is 38.9 Å². The minimum Gasteiger partial charge on any atom is -0.468 e. The van der Waals surface area contributed by atoms with Crippen LogP contribution < -0.4 is 0 Å². The zero-order valence-electron chi connectivity index (χ0n) is 11.3. The number of ether oxygens (including phenoxy) is 1. The highest BCUT2D eigenvalue weighted by atomic mass is 35.5. The largest absolute Gasteiger partial charge is 0.468 e. The van der Waals surface area contributed by atoms with Crippen molar-refractivity contribution < 1.29 is 17.9 Å². The standard InChI is InChI=1S/C12H16ClNO4S2/c1-8-7-10(19-11(8)13)20(16,17)14-6-4-3-5-9(14)12(15)18-2/h7,9H,3-6H2,1-2H3/t9-/m1/s1. The molecule has 0 N–H and O–H groups in total. The summed E-state index contributed by atoms with van der Waals surface area (Å²) in [6, 6.07) is 0.811. The first-order valence-corrected chi connectivity index (χ1v) is 8.87. The van der Waals surface area contributed by atoms with Crippen LogP contribution in [-0.2, 0) is 19.6 Å². The van der Waals surface area contributed by atoms with Gasteiger partial charge in [-0.1, -0.05) is 11.6 Å². The Hall–Kier alpha value is -0.630. The van der Waals surface area contributed by atoms with E-state index >= 15 is 0 Å². The Kier molecular flexibility index (Phi) is 4.73. The van der Waals surface area contributed by atoms with Gasteiger partial charge >= 0.3 is 5.97 Å². The van der Waals surface area contributed by atoms with Crippen molar-refractivity contribution in [2.45, 2.75) is 36.4 Å². The van der Waals surface area contributed by atoms with Crippen molar-refractivity contribution in [1.82, 2.24) is 4.31 Å². The van der Waals surface area contributed by atoms with Crippen molar-refractivity contribution in [3.8, 4) is 0 Å². The van der Waals surface area contributed by atoms with E-state index in [1.165, 1.54) is 11.4 Å². The van der Waals surface area contributed by atoms with Crippen LogP contribution in [0.25, 0.3) is 0 Å². The molecule has 0 radical (unpaired) electrons. The van der Waals surface area contributed by atoms with E-state index in [4.69, 9.17) is 16.3 Å². The van der Waals surface area contributed by atoms with E-state index in [1.807, 2.05) is 0 Å². The third-order valence-electron chi connectivity index (χ3n) is 3.32. The molecule has 1 fully saturated rings. The maximum absolute atomic E-state index is 12.7. The molecule has 1 atom stereocenters. The molecule has 0 spiro atoms. The number of rotatable bonds is 3. The van der Waals surface area contributed by atoms with Gasteiger partial charge in [0.05, 0.1) is 11.4 Å². The van der Waals surface area contributed by atoms with Crippen molar-refractivity contribution in [2.75, 3.05) is 13.7 Å². The number of sulfonamides is 1. The van der Waals surface area contributed by atoms with E-state index in [9.17, 15) is 13.2 Å². The zero-order chi connectivity index (χ0) is 14.9. The lowest BCUT2D eigenvalue weighted by molar-refractivity contribution is -0.146. The fourth-order valence-corrected chi connectivity index (χ4v) is 5.72. The maximum atomic E-state index is 12.7. The van der Waals surface area contributed by atoms with Gasteiger partial charge in [0.15, 0.2) is 0 Å². The van der Waals surface area contributed by atoms with Crippen LogP contribution in [0.4, 0.5) is 0 Å². The summed E-state index contributed by atoms with van der Waals surface area (Å²) in [7, 11) is -2.43. The monoisotopic (exact) mass is 337 g/mol.